The third-order valence-electron chi connectivity index (χ3n) is 5.34. The number of carbonyl (C=O) groups excluding carboxylic acids is 1. The second kappa shape index (κ2) is 8.63. The Morgan fingerprint density at radius 2 is 2.09 bits per heavy atom. The van der Waals surface area contributed by atoms with E-state index in [1.807, 2.05) is 24.0 Å². The molecule has 0 aliphatic carbocycles. The van der Waals surface area contributed by atoms with Crippen molar-refractivity contribution < 1.29 is 9.53 Å². The standard InChI is InChI=1S/C19H20Cl2N10O2/c1-28-4-3-23-31(28)17-13(20)5-11(6-22-17)25-19(32)26-14-7-24-30-8-15(21)27-18(30)16(14)29(2)12-9-33-10-12/h3,5-8,12H,4,9-10H2,1-2H3,(H2,25,26,32). The van der Waals surface area contributed by atoms with Crippen LogP contribution in [0.25, 0.3) is 5.65 Å². The van der Waals surface area contributed by atoms with Crippen LogP contribution in [0.5, 0.6) is 0 Å². The molecule has 3 aromatic heterocycles. The number of hydrazine groups is 1. The molecule has 0 aromatic carbocycles. The maximum absolute atomic E-state index is 12.8. The van der Waals surface area contributed by atoms with Gasteiger partial charge in [-0.15, -0.1) is 0 Å². The van der Waals surface area contributed by atoms with Crippen LogP contribution in [0.2, 0.25) is 10.2 Å². The zero-order valence-corrected chi connectivity index (χ0v) is 19.2. The Morgan fingerprint density at radius 1 is 1.27 bits per heavy atom. The molecule has 0 spiro atoms. The monoisotopic (exact) mass is 490 g/mol. The first-order valence-corrected chi connectivity index (χ1v) is 10.8. The average Bonchev–Trinajstić information content (AvgIpc) is 3.31. The molecule has 2 amide bonds. The molecule has 2 aliphatic rings. The smallest absolute Gasteiger partial charge is 0.323 e. The summed E-state index contributed by atoms with van der Waals surface area (Å²) in [7, 11) is 3.78. The Hall–Kier alpha value is -3.19. The van der Waals surface area contributed by atoms with Crippen LogP contribution in [0.4, 0.5) is 27.7 Å². The van der Waals surface area contributed by atoms with Gasteiger partial charge >= 0.3 is 6.03 Å². The average molecular weight is 491 g/mol. The maximum Gasteiger partial charge on any atom is 0.323 e. The van der Waals surface area contributed by atoms with Gasteiger partial charge in [0, 0.05) is 20.3 Å². The van der Waals surface area contributed by atoms with Crippen molar-refractivity contribution in [2.45, 2.75) is 6.04 Å². The fraction of sp³-hybridized carbons (Fsp3) is 0.316. The van der Waals surface area contributed by atoms with E-state index >= 15 is 0 Å². The van der Waals surface area contributed by atoms with Crippen molar-refractivity contribution in [3.8, 4) is 0 Å². The highest BCUT2D eigenvalue weighted by atomic mass is 35.5. The Labute approximate surface area is 198 Å². The van der Waals surface area contributed by atoms with E-state index < -0.39 is 6.03 Å². The predicted molar refractivity (Wildman–Crippen MR) is 126 cm³/mol. The van der Waals surface area contributed by atoms with E-state index in [2.05, 4.69) is 30.8 Å². The van der Waals surface area contributed by atoms with Crippen molar-refractivity contribution in [2.24, 2.45) is 5.10 Å². The summed E-state index contributed by atoms with van der Waals surface area (Å²) in [6.45, 7) is 1.82. The first-order chi connectivity index (χ1) is 15.9. The molecule has 2 N–H and O–H groups in total. The van der Waals surface area contributed by atoms with Gasteiger partial charge in [0.1, 0.15) is 10.8 Å². The van der Waals surface area contributed by atoms with Crippen LogP contribution in [0.15, 0.2) is 29.8 Å². The number of fused-ring (bicyclic) bond motifs is 1. The van der Waals surface area contributed by atoms with Crippen LogP contribution in [-0.4, -0.2) is 76.7 Å². The summed E-state index contributed by atoms with van der Waals surface area (Å²) in [6.07, 6.45) is 6.41. The molecule has 0 bridgehead atoms. The van der Waals surface area contributed by atoms with Gasteiger partial charge in [0.2, 0.25) is 0 Å². The van der Waals surface area contributed by atoms with Gasteiger partial charge < -0.3 is 20.3 Å². The van der Waals surface area contributed by atoms with Gasteiger partial charge in [-0.25, -0.2) is 19.3 Å². The highest BCUT2D eigenvalue weighted by Crippen LogP contribution is 2.33. The molecule has 12 nitrogen and oxygen atoms in total. The van der Waals surface area contributed by atoms with Crippen molar-refractivity contribution in [1.82, 2.24) is 24.6 Å². The van der Waals surface area contributed by atoms with E-state index in [4.69, 9.17) is 27.9 Å². The van der Waals surface area contributed by atoms with Crippen LogP contribution < -0.4 is 20.7 Å². The van der Waals surface area contributed by atoms with Crippen LogP contribution in [0, 0.1) is 0 Å². The molecule has 5 heterocycles. The molecule has 3 aromatic rings. The summed E-state index contributed by atoms with van der Waals surface area (Å²) < 4.78 is 6.88. The number of hydrogen-bond donors (Lipinski definition) is 2. The molecule has 5 rings (SSSR count). The fourth-order valence-corrected chi connectivity index (χ4v) is 3.92. The number of halogens is 2. The van der Waals surface area contributed by atoms with Gasteiger partial charge in [0.25, 0.3) is 0 Å². The first-order valence-electron chi connectivity index (χ1n) is 10.0. The van der Waals surface area contributed by atoms with E-state index in [1.54, 1.807) is 34.3 Å². The second-order valence-corrected chi connectivity index (χ2v) is 8.37. The zero-order valence-electron chi connectivity index (χ0n) is 17.7. The number of carbonyl (C=O) groups is 1. The van der Waals surface area contributed by atoms with Gasteiger partial charge in [-0.05, 0) is 6.07 Å². The molecule has 2 aliphatic heterocycles. The van der Waals surface area contributed by atoms with Crippen molar-refractivity contribution in [3.05, 3.63) is 34.8 Å². The van der Waals surface area contributed by atoms with Crippen molar-refractivity contribution >= 4 is 64.0 Å². The number of rotatable bonds is 5. The highest BCUT2D eigenvalue weighted by Gasteiger charge is 2.28. The highest BCUT2D eigenvalue weighted by molar-refractivity contribution is 6.33. The number of aromatic nitrogens is 4. The maximum atomic E-state index is 12.8. The predicted octanol–water partition coefficient (Wildman–Crippen LogP) is 2.56. The lowest BCUT2D eigenvalue weighted by atomic mass is 10.2. The summed E-state index contributed by atoms with van der Waals surface area (Å²) in [5.74, 6) is 0.469. The minimum atomic E-state index is -0.486. The normalized spacial score (nSPS) is 16.3. The number of likely N-dealkylation sites (N-methyl/N-ethyl adjacent to an activating group) is 1. The molecule has 172 valence electrons. The third kappa shape index (κ3) is 4.13. The summed E-state index contributed by atoms with van der Waals surface area (Å²) in [5.41, 5.74) is 2.10. The van der Waals surface area contributed by atoms with Crippen molar-refractivity contribution in [3.63, 3.8) is 0 Å². The zero-order chi connectivity index (χ0) is 23.1. The van der Waals surface area contributed by atoms with E-state index in [1.165, 1.54) is 6.20 Å². The molecule has 0 unspecified atom stereocenters. The number of urea groups is 1. The minimum Gasteiger partial charge on any atom is -0.377 e. The second-order valence-electron chi connectivity index (χ2n) is 7.58. The lowest BCUT2D eigenvalue weighted by Gasteiger charge is -2.36. The summed E-state index contributed by atoms with van der Waals surface area (Å²) in [6, 6.07) is 1.28. The largest absolute Gasteiger partial charge is 0.377 e. The molecular weight excluding hydrogens is 471 g/mol. The van der Waals surface area contributed by atoms with Gasteiger partial charge in [0.05, 0.1) is 60.8 Å². The lowest BCUT2D eigenvalue weighted by Crippen LogP contribution is -2.47. The number of nitrogens with one attached hydrogen (secondary N) is 2. The molecule has 1 fully saturated rings. The van der Waals surface area contributed by atoms with Gasteiger partial charge in [-0.3, -0.25) is 0 Å². The molecule has 0 saturated carbocycles. The van der Waals surface area contributed by atoms with Gasteiger partial charge in [0.15, 0.2) is 11.5 Å². The fourth-order valence-electron chi connectivity index (χ4n) is 3.51. The molecule has 33 heavy (non-hydrogen) atoms. The Balaban J connectivity index is 1.37. The molecule has 14 heteroatoms. The summed E-state index contributed by atoms with van der Waals surface area (Å²) >= 11 is 12.5. The van der Waals surface area contributed by atoms with Crippen LogP contribution in [0.1, 0.15) is 0 Å². The topological polar surface area (TPSA) is 116 Å². The first kappa shape index (κ1) is 21.6. The lowest BCUT2D eigenvalue weighted by molar-refractivity contribution is 0.0102. The quantitative estimate of drug-likeness (QED) is 0.560. The Bertz CT molecular complexity index is 1240. The van der Waals surface area contributed by atoms with Crippen molar-refractivity contribution in [2.75, 3.05) is 54.5 Å². The Kier molecular flexibility index (Phi) is 5.66. The number of hydrogen-bond acceptors (Lipinski definition) is 9. The van der Waals surface area contributed by atoms with E-state index in [9.17, 15) is 4.79 Å². The number of amides is 2. The summed E-state index contributed by atoms with van der Waals surface area (Å²) in [5, 5.41) is 18.2. The number of imidazole rings is 1. The molecule has 0 radical (unpaired) electrons. The van der Waals surface area contributed by atoms with Crippen LogP contribution in [0.3, 0.4) is 0 Å². The van der Waals surface area contributed by atoms with Crippen LogP contribution in [-0.2, 0) is 4.74 Å². The minimum absolute atomic E-state index is 0.150. The van der Waals surface area contributed by atoms with E-state index in [0.29, 0.717) is 58.5 Å². The molecule has 0 atom stereocenters. The van der Waals surface area contributed by atoms with E-state index in [-0.39, 0.29) is 6.04 Å². The van der Waals surface area contributed by atoms with Gasteiger partial charge in [-0.1, -0.05) is 23.2 Å². The third-order valence-corrected chi connectivity index (χ3v) is 5.80. The van der Waals surface area contributed by atoms with E-state index in [0.717, 1.165) is 0 Å². The SMILES string of the molecule is CN(c1c(NC(=O)Nc2cnc(N3N=CCN3C)c(Cl)c2)cnn2cc(Cl)nc12)C1COC1. The Morgan fingerprint density at radius 3 is 2.76 bits per heavy atom. The molecule has 1 saturated heterocycles. The number of ether oxygens (including phenoxy) is 1. The van der Waals surface area contributed by atoms with Gasteiger partial charge in [-0.2, -0.15) is 20.3 Å². The number of hydrazone groups is 1. The number of nitrogens with zero attached hydrogens (tertiary/aromatic N) is 8. The number of pyridine rings is 1. The molecular formula is C19H20Cl2N10O2. The van der Waals surface area contributed by atoms with Crippen molar-refractivity contribution in [1.29, 1.82) is 0 Å². The van der Waals surface area contributed by atoms with Crippen LogP contribution >= 0.6 is 23.2 Å². The summed E-state index contributed by atoms with van der Waals surface area (Å²) in [4.78, 5) is 23.5. The number of anilines is 4.